The van der Waals surface area contributed by atoms with Gasteiger partial charge in [0.1, 0.15) is 6.04 Å². The standard InChI is InChI=1S/C14H10F6N4O3/c15-13(16,17)5-8(12(26)27)21-11(25)9-6-24(23-22-9)10-4-2-1-3-7(10)14(18,19)20/h1-4,6,8H,5H2,(H,21,25)(H,26,27). The van der Waals surface area contributed by atoms with Crippen molar-refractivity contribution in [1.82, 2.24) is 20.3 Å². The highest BCUT2D eigenvalue weighted by molar-refractivity contribution is 5.94. The van der Waals surface area contributed by atoms with Crippen LogP contribution < -0.4 is 5.32 Å². The summed E-state index contributed by atoms with van der Waals surface area (Å²) in [6.45, 7) is 0. The molecule has 0 aliphatic carbocycles. The molecule has 7 nitrogen and oxygen atoms in total. The Morgan fingerprint density at radius 2 is 1.78 bits per heavy atom. The molecular weight excluding hydrogens is 386 g/mol. The number of carboxylic acids is 1. The highest BCUT2D eigenvalue weighted by atomic mass is 19.4. The number of benzene rings is 1. The molecule has 2 N–H and O–H groups in total. The molecule has 0 saturated heterocycles. The van der Waals surface area contributed by atoms with Crippen LogP contribution in [0.5, 0.6) is 0 Å². The molecule has 0 fully saturated rings. The van der Waals surface area contributed by atoms with Crippen LogP contribution in [-0.4, -0.2) is 44.2 Å². The number of nitrogens with zero attached hydrogens (tertiary/aromatic N) is 3. The number of carbonyl (C=O) groups excluding carboxylic acids is 1. The highest BCUT2D eigenvalue weighted by Crippen LogP contribution is 2.33. The van der Waals surface area contributed by atoms with Crippen LogP contribution in [0.3, 0.4) is 0 Å². The highest BCUT2D eigenvalue weighted by Gasteiger charge is 2.37. The lowest BCUT2D eigenvalue weighted by Crippen LogP contribution is -2.43. The average Bonchev–Trinajstić information content (AvgIpc) is 3.02. The summed E-state index contributed by atoms with van der Waals surface area (Å²) in [6, 6.07) is 1.93. The Morgan fingerprint density at radius 1 is 1.15 bits per heavy atom. The van der Waals surface area contributed by atoms with E-state index in [1.165, 1.54) is 6.07 Å². The van der Waals surface area contributed by atoms with Crippen LogP contribution in [0.4, 0.5) is 26.3 Å². The van der Waals surface area contributed by atoms with Gasteiger partial charge in [0.2, 0.25) is 0 Å². The predicted molar refractivity (Wildman–Crippen MR) is 75.9 cm³/mol. The third-order valence-electron chi connectivity index (χ3n) is 3.22. The molecule has 1 unspecified atom stereocenters. The van der Waals surface area contributed by atoms with E-state index < -0.39 is 53.6 Å². The van der Waals surface area contributed by atoms with Gasteiger partial charge in [-0.2, -0.15) is 26.3 Å². The summed E-state index contributed by atoms with van der Waals surface area (Å²) in [4.78, 5) is 22.7. The van der Waals surface area contributed by atoms with Gasteiger partial charge in [-0.25, -0.2) is 9.48 Å². The molecule has 0 aliphatic heterocycles. The predicted octanol–water partition coefficient (Wildman–Crippen LogP) is 2.42. The lowest BCUT2D eigenvalue weighted by Gasteiger charge is -2.15. The minimum absolute atomic E-state index is 0.471. The Morgan fingerprint density at radius 3 is 2.33 bits per heavy atom. The van der Waals surface area contributed by atoms with E-state index in [2.05, 4.69) is 10.3 Å². The number of alkyl halides is 6. The molecule has 1 aromatic heterocycles. The van der Waals surface area contributed by atoms with Crippen molar-refractivity contribution in [3.05, 3.63) is 41.7 Å². The van der Waals surface area contributed by atoms with Crippen LogP contribution in [0.2, 0.25) is 0 Å². The number of para-hydroxylation sites is 1. The molecule has 1 amide bonds. The SMILES string of the molecule is O=C(NC(CC(F)(F)F)C(=O)O)c1cn(-c2ccccc2C(F)(F)F)nn1. The summed E-state index contributed by atoms with van der Waals surface area (Å²) in [5, 5.41) is 17.0. The third-order valence-corrected chi connectivity index (χ3v) is 3.22. The van der Waals surface area contributed by atoms with Crippen molar-refractivity contribution in [3.63, 3.8) is 0 Å². The van der Waals surface area contributed by atoms with Crippen molar-refractivity contribution in [2.75, 3.05) is 0 Å². The smallest absolute Gasteiger partial charge is 0.418 e. The number of amides is 1. The molecule has 1 aromatic carbocycles. The number of aromatic nitrogens is 3. The number of aliphatic carboxylic acids is 1. The zero-order valence-electron chi connectivity index (χ0n) is 13.0. The molecule has 1 heterocycles. The van der Waals surface area contributed by atoms with Crippen molar-refractivity contribution in [1.29, 1.82) is 0 Å². The normalized spacial score (nSPS) is 13.3. The monoisotopic (exact) mass is 396 g/mol. The van der Waals surface area contributed by atoms with Crippen molar-refractivity contribution >= 4 is 11.9 Å². The molecule has 27 heavy (non-hydrogen) atoms. The molecule has 0 saturated carbocycles. The van der Waals surface area contributed by atoms with Gasteiger partial charge < -0.3 is 10.4 Å². The number of hydrogen-bond donors (Lipinski definition) is 2. The van der Waals surface area contributed by atoms with E-state index in [0.29, 0.717) is 4.68 Å². The first-order valence-electron chi connectivity index (χ1n) is 7.08. The van der Waals surface area contributed by atoms with Crippen molar-refractivity contribution in [2.45, 2.75) is 24.8 Å². The van der Waals surface area contributed by atoms with Crippen molar-refractivity contribution in [3.8, 4) is 5.69 Å². The Balaban J connectivity index is 2.25. The summed E-state index contributed by atoms with van der Waals surface area (Å²) in [5.41, 5.74) is -2.20. The fraction of sp³-hybridized carbons (Fsp3) is 0.286. The van der Waals surface area contributed by atoms with Gasteiger partial charge in [0.25, 0.3) is 5.91 Å². The third kappa shape index (κ3) is 5.18. The average molecular weight is 396 g/mol. The molecular formula is C14H10F6N4O3. The van der Waals surface area contributed by atoms with E-state index in [1.54, 1.807) is 5.32 Å². The van der Waals surface area contributed by atoms with Gasteiger partial charge in [-0.15, -0.1) is 5.10 Å². The second-order valence-electron chi connectivity index (χ2n) is 5.25. The van der Waals surface area contributed by atoms with Gasteiger partial charge in [0, 0.05) is 0 Å². The first kappa shape index (κ1) is 20.2. The zero-order valence-corrected chi connectivity index (χ0v) is 13.0. The summed E-state index contributed by atoms with van der Waals surface area (Å²) in [6.07, 6.45) is -10.7. The number of rotatable bonds is 5. The maximum absolute atomic E-state index is 13.0. The number of carbonyl (C=O) groups is 2. The van der Waals surface area contributed by atoms with Crippen LogP contribution in [0.25, 0.3) is 5.69 Å². The summed E-state index contributed by atoms with van der Waals surface area (Å²) in [5.74, 6) is -3.27. The summed E-state index contributed by atoms with van der Waals surface area (Å²) < 4.78 is 76.7. The fourth-order valence-electron chi connectivity index (χ4n) is 2.06. The lowest BCUT2D eigenvalue weighted by molar-refractivity contribution is -0.157. The van der Waals surface area contributed by atoms with E-state index in [-0.39, 0.29) is 0 Å². The molecule has 146 valence electrons. The molecule has 0 radical (unpaired) electrons. The molecule has 0 aliphatic rings. The number of nitrogens with one attached hydrogen (secondary N) is 1. The van der Waals surface area contributed by atoms with Gasteiger partial charge >= 0.3 is 18.3 Å². The molecule has 0 spiro atoms. The Bertz CT molecular complexity index is 846. The van der Waals surface area contributed by atoms with Gasteiger partial charge in [-0.3, -0.25) is 4.79 Å². The summed E-state index contributed by atoms with van der Waals surface area (Å²) >= 11 is 0. The van der Waals surface area contributed by atoms with Crippen LogP contribution in [0.1, 0.15) is 22.5 Å². The zero-order chi connectivity index (χ0) is 20.4. The first-order chi connectivity index (χ1) is 12.4. The molecule has 2 aromatic rings. The molecule has 13 heteroatoms. The largest absolute Gasteiger partial charge is 0.480 e. The van der Waals surface area contributed by atoms with Crippen molar-refractivity contribution in [2.24, 2.45) is 0 Å². The number of carboxylic acid groups (broad SMARTS) is 1. The minimum Gasteiger partial charge on any atom is -0.480 e. The Hall–Kier alpha value is -3.12. The van der Waals surface area contributed by atoms with Crippen LogP contribution >= 0.6 is 0 Å². The van der Waals surface area contributed by atoms with Crippen LogP contribution in [-0.2, 0) is 11.0 Å². The van der Waals surface area contributed by atoms with E-state index in [0.717, 1.165) is 24.4 Å². The first-order valence-corrected chi connectivity index (χ1v) is 7.08. The van der Waals surface area contributed by atoms with E-state index in [9.17, 15) is 35.9 Å². The van der Waals surface area contributed by atoms with Crippen LogP contribution in [0.15, 0.2) is 30.5 Å². The fourth-order valence-corrected chi connectivity index (χ4v) is 2.06. The minimum atomic E-state index is -4.86. The molecule has 2 rings (SSSR count). The maximum atomic E-state index is 13.0. The number of halogens is 6. The maximum Gasteiger partial charge on any atom is 0.418 e. The van der Waals surface area contributed by atoms with Gasteiger partial charge in [0.15, 0.2) is 5.69 Å². The van der Waals surface area contributed by atoms with E-state index in [1.807, 2.05) is 0 Å². The van der Waals surface area contributed by atoms with E-state index in [4.69, 9.17) is 5.11 Å². The van der Waals surface area contributed by atoms with Crippen LogP contribution in [0, 0.1) is 0 Å². The second kappa shape index (κ2) is 7.25. The second-order valence-corrected chi connectivity index (χ2v) is 5.25. The molecule has 0 bridgehead atoms. The van der Waals surface area contributed by atoms with Crippen molar-refractivity contribution < 1.29 is 41.0 Å². The Kier molecular flexibility index (Phi) is 5.42. The number of hydrogen-bond acceptors (Lipinski definition) is 4. The van der Waals surface area contributed by atoms with Gasteiger partial charge in [-0.05, 0) is 12.1 Å². The van der Waals surface area contributed by atoms with Gasteiger partial charge in [-0.1, -0.05) is 17.3 Å². The summed E-state index contributed by atoms with van der Waals surface area (Å²) in [7, 11) is 0. The quantitative estimate of drug-likeness (QED) is 0.757. The molecule has 1 atom stereocenters. The Labute approximate surface area is 146 Å². The van der Waals surface area contributed by atoms with E-state index >= 15 is 0 Å². The topological polar surface area (TPSA) is 97.1 Å². The van der Waals surface area contributed by atoms with Gasteiger partial charge in [0.05, 0.1) is 23.9 Å². The lowest BCUT2D eigenvalue weighted by atomic mass is 10.1.